The van der Waals surface area contributed by atoms with Gasteiger partial charge in [-0.25, -0.2) is 0 Å². The van der Waals surface area contributed by atoms with Gasteiger partial charge >= 0.3 is 0 Å². The maximum atomic E-state index is 12.5. The van der Waals surface area contributed by atoms with E-state index in [1.54, 1.807) is 0 Å². The van der Waals surface area contributed by atoms with E-state index >= 15 is 0 Å². The Kier molecular flexibility index (Phi) is 5.52. The van der Waals surface area contributed by atoms with E-state index in [-0.39, 0.29) is 34.7 Å². The van der Waals surface area contributed by atoms with Crippen molar-refractivity contribution in [3.8, 4) is 5.75 Å². The predicted octanol–water partition coefficient (Wildman–Crippen LogP) is 0.945. The second-order valence-electron chi connectivity index (χ2n) is 6.34. The number of hydrogen-bond donors (Lipinski definition) is 2. The van der Waals surface area contributed by atoms with Crippen molar-refractivity contribution in [2.24, 2.45) is 11.8 Å². The third-order valence-corrected chi connectivity index (χ3v) is 4.93. The summed E-state index contributed by atoms with van der Waals surface area (Å²) >= 11 is 0. The molecule has 0 unspecified atom stereocenters. The molecular formula is C17H24N2O5. The van der Waals surface area contributed by atoms with Crippen LogP contribution in [0.5, 0.6) is 5.75 Å². The summed E-state index contributed by atoms with van der Waals surface area (Å²) in [5, 5.41) is 3.08. The minimum atomic E-state index is -0.311. The fourth-order valence-corrected chi connectivity index (χ4v) is 3.54. The maximum absolute atomic E-state index is 12.5. The van der Waals surface area contributed by atoms with Crippen LogP contribution in [-0.4, -0.2) is 50.5 Å². The first kappa shape index (κ1) is 17.0. The van der Waals surface area contributed by atoms with Gasteiger partial charge in [-0.3, -0.25) is 9.59 Å². The molecule has 0 saturated carbocycles. The highest BCUT2D eigenvalue weighted by Gasteiger charge is 2.34. The van der Waals surface area contributed by atoms with Crippen LogP contribution in [0.2, 0.25) is 0 Å². The van der Waals surface area contributed by atoms with Crippen molar-refractivity contribution in [1.29, 1.82) is 0 Å². The summed E-state index contributed by atoms with van der Waals surface area (Å²) < 4.78 is 16.0. The summed E-state index contributed by atoms with van der Waals surface area (Å²) in [6, 6.07) is 1.33. The highest BCUT2D eigenvalue weighted by Crippen LogP contribution is 2.30. The average Bonchev–Trinajstić information content (AvgIpc) is 2.63. The summed E-state index contributed by atoms with van der Waals surface area (Å²) in [6.45, 7) is 2.85. The quantitative estimate of drug-likeness (QED) is 0.854. The molecule has 1 aromatic rings. The van der Waals surface area contributed by atoms with Gasteiger partial charge in [0, 0.05) is 44.0 Å². The molecule has 2 atom stereocenters. The zero-order valence-electron chi connectivity index (χ0n) is 13.9. The van der Waals surface area contributed by atoms with Crippen LogP contribution < -0.4 is 15.5 Å². The molecular weight excluding hydrogens is 312 g/mol. The number of ether oxygens (including phenoxy) is 3. The predicted molar refractivity (Wildman–Crippen MR) is 87.3 cm³/mol. The molecule has 0 spiro atoms. The highest BCUT2D eigenvalue weighted by atomic mass is 16.5. The monoisotopic (exact) mass is 336 g/mol. The van der Waals surface area contributed by atoms with Crippen molar-refractivity contribution >= 4 is 5.91 Å². The molecule has 0 radical (unpaired) electrons. The molecule has 0 aliphatic carbocycles. The first-order valence-corrected chi connectivity index (χ1v) is 8.42. The first-order chi connectivity index (χ1) is 11.7. The number of pyridine rings is 1. The van der Waals surface area contributed by atoms with Gasteiger partial charge in [0.25, 0.3) is 5.91 Å². The van der Waals surface area contributed by atoms with Gasteiger partial charge < -0.3 is 24.5 Å². The number of hydrogen-bond acceptors (Lipinski definition) is 5. The van der Waals surface area contributed by atoms with E-state index in [1.165, 1.54) is 19.4 Å². The van der Waals surface area contributed by atoms with Crippen LogP contribution in [-0.2, 0) is 9.47 Å². The van der Waals surface area contributed by atoms with Crippen molar-refractivity contribution in [2.75, 3.05) is 33.5 Å². The van der Waals surface area contributed by atoms with Gasteiger partial charge in [0.15, 0.2) is 5.75 Å². The standard InChI is InChI=1S/C17H24N2O5/c1-22-16-9-18-14(8-15(16)20)17(21)19-13-4-7-24-10-12(13)11-2-5-23-6-3-11/h8-9,11-13H,2-7,10H2,1H3,(H,18,20)(H,19,21)/t12-,13-/m1/s1. The van der Waals surface area contributed by atoms with Crippen LogP contribution in [0.4, 0.5) is 0 Å². The van der Waals surface area contributed by atoms with E-state index in [0.717, 1.165) is 32.5 Å². The van der Waals surface area contributed by atoms with Crippen molar-refractivity contribution < 1.29 is 19.0 Å². The number of rotatable bonds is 4. The van der Waals surface area contributed by atoms with Crippen molar-refractivity contribution in [3.05, 3.63) is 28.2 Å². The van der Waals surface area contributed by atoms with Gasteiger partial charge in [0.05, 0.1) is 13.7 Å². The second-order valence-corrected chi connectivity index (χ2v) is 6.34. The number of amides is 1. The zero-order chi connectivity index (χ0) is 16.9. The van der Waals surface area contributed by atoms with Crippen LogP contribution in [0.25, 0.3) is 0 Å². The molecule has 132 valence electrons. The summed E-state index contributed by atoms with van der Waals surface area (Å²) in [7, 11) is 1.42. The Morgan fingerprint density at radius 1 is 1.25 bits per heavy atom. The van der Waals surface area contributed by atoms with Crippen LogP contribution >= 0.6 is 0 Å². The molecule has 0 bridgehead atoms. The zero-order valence-corrected chi connectivity index (χ0v) is 13.9. The van der Waals surface area contributed by atoms with Crippen LogP contribution in [0.3, 0.4) is 0 Å². The van der Waals surface area contributed by atoms with E-state index in [9.17, 15) is 9.59 Å². The van der Waals surface area contributed by atoms with Gasteiger partial charge in [0.2, 0.25) is 5.43 Å². The van der Waals surface area contributed by atoms with Crippen molar-refractivity contribution in [2.45, 2.75) is 25.3 Å². The van der Waals surface area contributed by atoms with Gasteiger partial charge in [0.1, 0.15) is 5.69 Å². The molecule has 0 aromatic carbocycles. The summed E-state index contributed by atoms with van der Waals surface area (Å²) in [4.78, 5) is 27.2. The summed E-state index contributed by atoms with van der Waals surface area (Å²) in [5.74, 6) is 0.715. The van der Waals surface area contributed by atoms with Crippen molar-refractivity contribution in [3.63, 3.8) is 0 Å². The Balaban J connectivity index is 1.69. The molecule has 7 heteroatoms. The Hall–Kier alpha value is -1.86. The first-order valence-electron chi connectivity index (χ1n) is 8.42. The largest absolute Gasteiger partial charge is 0.491 e. The molecule has 7 nitrogen and oxygen atoms in total. The average molecular weight is 336 g/mol. The number of carbonyl (C=O) groups excluding carboxylic acids is 1. The van der Waals surface area contributed by atoms with E-state index in [2.05, 4.69) is 10.3 Å². The van der Waals surface area contributed by atoms with Gasteiger partial charge in [-0.1, -0.05) is 0 Å². The number of nitrogens with one attached hydrogen (secondary N) is 2. The van der Waals surface area contributed by atoms with Gasteiger partial charge in [-0.15, -0.1) is 0 Å². The Morgan fingerprint density at radius 2 is 2.00 bits per heavy atom. The fourth-order valence-electron chi connectivity index (χ4n) is 3.54. The summed E-state index contributed by atoms with van der Waals surface area (Å²) in [5.41, 5.74) is -0.0626. The lowest BCUT2D eigenvalue weighted by atomic mass is 9.79. The van der Waals surface area contributed by atoms with Gasteiger partial charge in [-0.2, -0.15) is 0 Å². The molecule has 2 N–H and O–H groups in total. The smallest absolute Gasteiger partial charge is 0.268 e. The lowest BCUT2D eigenvalue weighted by Gasteiger charge is -2.39. The molecule has 2 saturated heterocycles. The number of carbonyl (C=O) groups is 1. The molecule has 2 fully saturated rings. The molecule has 2 aliphatic rings. The van der Waals surface area contributed by atoms with E-state index < -0.39 is 0 Å². The van der Waals surface area contributed by atoms with Crippen LogP contribution in [0.15, 0.2) is 17.1 Å². The number of H-pyrrole nitrogens is 1. The fraction of sp³-hybridized carbons (Fsp3) is 0.647. The SMILES string of the molecule is COc1c[nH]c(C(=O)N[C@@H]2CCOC[C@@H]2C2CCOCC2)cc1=O. The van der Waals surface area contributed by atoms with E-state index in [0.29, 0.717) is 19.1 Å². The lowest BCUT2D eigenvalue weighted by Crippen LogP contribution is -2.49. The second kappa shape index (κ2) is 7.81. The third-order valence-electron chi connectivity index (χ3n) is 4.93. The number of methoxy groups -OCH3 is 1. The molecule has 1 aromatic heterocycles. The lowest BCUT2D eigenvalue weighted by molar-refractivity contribution is -0.0259. The number of aromatic amines is 1. The molecule has 3 heterocycles. The van der Waals surface area contributed by atoms with Crippen LogP contribution in [0.1, 0.15) is 29.8 Å². The molecule has 3 rings (SSSR count). The summed E-state index contributed by atoms with van der Waals surface area (Å²) in [6.07, 6.45) is 4.20. The molecule has 2 aliphatic heterocycles. The molecule has 24 heavy (non-hydrogen) atoms. The van der Waals surface area contributed by atoms with E-state index in [4.69, 9.17) is 14.2 Å². The minimum absolute atomic E-state index is 0.0555. The molecule has 1 amide bonds. The Bertz CT molecular complexity index is 624. The minimum Gasteiger partial charge on any atom is -0.491 e. The third kappa shape index (κ3) is 3.79. The normalized spacial score (nSPS) is 25.2. The van der Waals surface area contributed by atoms with E-state index in [1.807, 2.05) is 0 Å². The highest BCUT2D eigenvalue weighted by molar-refractivity contribution is 5.92. The van der Waals surface area contributed by atoms with Crippen molar-refractivity contribution in [1.82, 2.24) is 10.3 Å². The topological polar surface area (TPSA) is 89.7 Å². The van der Waals surface area contributed by atoms with Crippen LogP contribution in [0, 0.1) is 11.8 Å². The maximum Gasteiger partial charge on any atom is 0.268 e. The number of aromatic nitrogens is 1. The van der Waals surface area contributed by atoms with Gasteiger partial charge in [-0.05, 0) is 25.2 Å². The Labute approximate surface area is 140 Å². The Morgan fingerprint density at radius 3 is 2.71 bits per heavy atom.